The Bertz CT molecular complexity index is 1180. The van der Waals surface area contributed by atoms with Gasteiger partial charge < -0.3 is 4.74 Å². The lowest BCUT2D eigenvalue weighted by atomic mass is 10.0. The Balaban J connectivity index is 1.28. The first-order valence-electron chi connectivity index (χ1n) is 10.6. The van der Waals surface area contributed by atoms with Crippen LogP contribution in [0.3, 0.4) is 0 Å². The van der Waals surface area contributed by atoms with Crippen molar-refractivity contribution in [2.24, 2.45) is 0 Å². The molecule has 1 aliphatic rings. The van der Waals surface area contributed by atoms with Crippen LogP contribution in [0.1, 0.15) is 27.0 Å². The molecule has 1 aliphatic heterocycles. The first-order chi connectivity index (χ1) is 15.2. The molecular formula is C25H25N3O2S. The summed E-state index contributed by atoms with van der Waals surface area (Å²) >= 11 is 1.77. The van der Waals surface area contributed by atoms with Crippen LogP contribution in [0.15, 0.2) is 66.3 Å². The van der Waals surface area contributed by atoms with E-state index in [2.05, 4.69) is 45.7 Å². The smallest absolute Gasteiger partial charge is 0.170 e. The molecule has 1 fully saturated rings. The van der Waals surface area contributed by atoms with Crippen LogP contribution >= 0.6 is 11.3 Å². The van der Waals surface area contributed by atoms with E-state index in [0.29, 0.717) is 18.5 Å². The first-order valence-corrected chi connectivity index (χ1v) is 11.5. The quantitative estimate of drug-likeness (QED) is 0.407. The minimum Gasteiger partial charge on any atom is -0.379 e. The number of carbonyl (C=O) groups is 1. The number of Topliss-reactive ketones (excluding diaryl/α,β-unsaturated/α-hetero) is 1. The SMILES string of the molecule is O=C(Cc1ccc2scc(CN3CCOCC3)c2c1)c1cnn(Cc2ccccc2)c1. The van der Waals surface area contributed by atoms with E-state index in [0.717, 1.165) is 38.4 Å². The number of fused-ring (bicyclic) bond motifs is 1. The fraction of sp³-hybridized carbons (Fsp3) is 0.280. The molecule has 0 saturated carbocycles. The van der Waals surface area contributed by atoms with Gasteiger partial charge in [0.25, 0.3) is 0 Å². The number of ether oxygens (including phenoxy) is 1. The number of ketones is 1. The number of rotatable bonds is 7. The molecule has 0 N–H and O–H groups in total. The van der Waals surface area contributed by atoms with Crippen LogP contribution in [0, 0.1) is 0 Å². The van der Waals surface area contributed by atoms with Crippen LogP contribution in [0.2, 0.25) is 0 Å². The van der Waals surface area contributed by atoms with Crippen LogP contribution in [-0.4, -0.2) is 46.8 Å². The van der Waals surface area contributed by atoms with Crippen molar-refractivity contribution >= 4 is 27.2 Å². The van der Waals surface area contributed by atoms with Gasteiger partial charge in [0.05, 0.1) is 31.5 Å². The minimum absolute atomic E-state index is 0.101. The molecule has 0 radical (unpaired) electrons. The molecule has 158 valence electrons. The number of hydrogen-bond donors (Lipinski definition) is 0. The first kappa shape index (κ1) is 20.1. The fourth-order valence-corrected chi connectivity index (χ4v) is 4.95. The van der Waals surface area contributed by atoms with Gasteiger partial charge in [-0.15, -0.1) is 11.3 Å². The summed E-state index contributed by atoms with van der Waals surface area (Å²) in [5.41, 5.74) is 4.22. The van der Waals surface area contributed by atoms with Gasteiger partial charge in [-0.3, -0.25) is 14.4 Å². The largest absolute Gasteiger partial charge is 0.379 e. The second-order valence-corrected chi connectivity index (χ2v) is 8.90. The number of aromatic nitrogens is 2. The van der Waals surface area contributed by atoms with Crippen LogP contribution in [-0.2, 0) is 24.2 Å². The molecule has 4 aromatic rings. The summed E-state index contributed by atoms with van der Waals surface area (Å²) in [6, 6.07) is 16.6. The van der Waals surface area contributed by atoms with Crippen molar-refractivity contribution in [3.05, 3.63) is 88.6 Å². The van der Waals surface area contributed by atoms with E-state index >= 15 is 0 Å². The van der Waals surface area contributed by atoms with E-state index in [1.54, 1.807) is 17.5 Å². The Kier molecular flexibility index (Phi) is 5.93. The number of carbonyl (C=O) groups excluding carboxylic acids is 1. The third-order valence-corrected chi connectivity index (χ3v) is 6.74. The van der Waals surface area contributed by atoms with E-state index in [-0.39, 0.29) is 5.78 Å². The summed E-state index contributed by atoms with van der Waals surface area (Å²) in [6.07, 6.45) is 3.92. The van der Waals surface area contributed by atoms with Gasteiger partial charge in [-0.2, -0.15) is 5.10 Å². The van der Waals surface area contributed by atoms with Gasteiger partial charge in [0, 0.05) is 37.0 Å². The second-order valence-electron chi connectivity index (χ2n) is 7.99. The highest BCUT2D eigenvalue weighted by Gasteiger charge is 2.15. The van der Waals surface area contributed by atoms with Crippen molar-refractivity contribution in [3.63, 3.8) is 0 Å². The summed E-state index contributed by atoms with van der Waals surface area (Å²) in [7, 11) is 0. The maximum Gasteiger partial charge on any atom is 0.170 e. The fourth-order valence-electron chi connectivity index (χ4n) is 4.01. The molecule has 0 unspecified atom stereocenters. The molecule has 5 rings (SSSR count). The molecule has 2 aromatic carbocycles. The molecule has 2 aromatic heterocycles. The highest BCUT2D eigenvalue weighted by Crippen LogP contribution is 2.28. The molecular weight excluding hydrogens is 406 g/mol. The zero-order chi connectivity index (χ0) is 21.0. The summed E-state index contributed by atoms with van der Waals surface area (Å²) in [5.74, 6) is 0.101. The van der Waals surface area contributed by atoms with Gasteiger partial charge in [0.1, 0.15) is 0 Å². The molecule has 0 bridgehead atoms. The third kappa shape index (κ3) is 4.77. The molecule has 3 heterocycles. The molecule has 1 saturated heterocycles. The molecule has 0 spiro atoms. The predicted octanol–water partition coefficient (Wildman–Crippen LogP) is 4.40. The zero-order valence-electron chi connectivity index (χ0n) is 17.4. The molecule has 6 heteroatoms. The van der Waals surface area contributed by atoms with Gasteiger partial charge in [-0.05, 0) is 39.6 Å². The highest BCUT2D eigenvalue weighted by molar-refractivity contribution is 7.17. The molecule has 0 amide bonds. The van der Waals surface area contributed by atoms with Gasteiger partial charge in [0.2, 0.25) is 0 Å². The summed E-state index contributed by atoms with van der Waals surface area (Å²) < 4.78 is 8.56. The second kappa shape index (κ2) is 9.14. The van der Waals surface area contributed by atoms with E-state index in [1.807, 2.05) is 29.1 Å². The Labute approximate surface area is 185 Å². The monoisotopic (exact) mass is 431 g/mol. The summed E-state index contributed by atoms with van der Waals surface area (Å²) in [6.45, 7) is 5.16. The Morgan fingerprint density at radius 3 is 2.71 bits per heavy atom. The zero-order valence-corrected chi connectivity index (χ0v) is 18.2. The van der Waals surface area contributed by atoms with E-state index in [4.69, 9.17) is 4.74 Å². The van der Waals surface area contributed by atoms with Crippen molar-refractivity contribution in [1.29, 1.82) is 0 Å². The van der Waals surface area contributed by atoms with Crippen molar-refractivity contribution < 1.29 is 9.53 Å². The summed E-state index contributed by atoms with van der Waals surface area (Å²) in [5, 5.41) is 7.89. The van der Waals surface area contributed by atoms with E-state index in [9.17, 15) is 4.79 Å². The van der Waals surface area contributed by atoms with Gasteiger partial charge in [-0.25, -0.2) is 0 Å². The van der Waals surface area contributed by atoms with E-state index < -0.39 is 0 Å². The number of benzene rings is 2. The van der Waals surface area contributed by atoms with Crippen molar-refractivity contribution in [3.8, 4) is 0 Å². The Morgan fingerprint density at radius 2 is 1.87 bits per heavy atom. The molecule has 0 aliphatic carbocycles. The van der Waals surface area contributed by atoms with Gasteiger partial charge >= 0.3 is 0 Å². The normalized spacial score (nSPS) is 14.8. The average molecular weight is 432 g/mol. The Hall–Kier alpha value is -2.80. The molecule has 31 heavy (non-hydrogen) atoms. The number of nitrogens with zero attached hydrogens (tertiary/aromatic N) is 3. The number of hydrogen-bond acceptors (Lipinski definition) is 5. The van der Waals surface area contributed by atoms with E-state index in [1.165, 1.54) is 21.2 Å². The van der Waals surface area contributed by atoms with Crippen LogP contribution in [0.4, 0.5) is 0 Å². The third-order valence-electron chi connectivity index (χ3n) is 5.72. The van der Waals surface area contributed by atoms with Crippen molar-refractivity contribution in [2.45, 2.75) is 19.5 Å². The maximum atomic E-state index is 12.9. The maximum absolute atomic E-state index is 12.9. The predicted molar refractivity (Wildman–Crippen MR) is 124 cm³/mol. The lowest BCUT2D eigenvalue weighted by Gasteiger charge is -2.26. The Morgan fingerprint density at radius 1 is 1.03 bits per heavy atom. The van der Waals surface area contributed by atoms with Crippen LogP contribution < -0.4 is 0 Å². The van der Waals surface area contributed by atoms with Crippen LogP contribution in [0.5, 0.6) is 0 Å². The van der Waals surface area contributed by atoms with Crippen molar-refractivity contribution in [1.82, 2.24) is 14.7 Å². The van der Waals surface area contributed by atoms with Gasteiger partial charge in [-0.1, -0.05) is 36.4 Å². The topological polar surface area (TPSA) is 47.4 Å². The minimum atomic E-state index is 0.101. The average Bonchev–Trinajstić information content (AvgIpc) is 3.43. The summed E-state index contributed by atoms with van der Waals surface area (Å²) in [4.78, 5) is 15.3. The lowest BCUT2D eigenvalue weighted by Crippen LogP contribution is -2.35. The van der Waals surface area contributed by atoms with Crippen molar-refractivity contribution in [2.75, 3.05) is 26.3 Å². The number of thiophene rings is 1. The molecule has 5 nitrogen and oxygen atoms in total. The standard InChI is InChI=1S/C25H25N3O2S/c29-24(21-14-26-28(17-21)15-19-4-2-1-3-5-19)13-20-6-7-25-23(12-20)22(18-31-25)16-27-8-10-30-11-9-27/h1-7,12,14,17-18H,8-11,13,15-16H2. The van der Waals surface area contributed by atoms with Crippen LogP contribution in [0.25, 0.3) is 10.1 Å². The lowest BCUT2D eigenvalue weighted by molar-refractivity contribution is 0.0344. The molecule has 0 atom stereocenters. The van der Waals surface area contributed by atoms with Gasteiger partial charge in [0.15, 0.2) is 5.78 Å². The highest BCUT2D eigenvalue weighted by atomic mass is 32.1. The number of morpholine rings is 1.